The molecule has 3 heteroatoms. The van der Waals surface area contributed by atoms with Gasteiger partial charge in [-0.25, -0.2) is 0 Å². The molecule has 6 rings (SSSR count). The topological polar surface area (TPSA) is 38.7 Å². The van der Waals surface area contributed by atoms with E-state index in [9.17, 15) is 5.11 Å². The zero-order chi connectivity index (χ0) is 24.4. The van der Waals surface area contributed by atoms with E-state index in [1.165, 1.54) is 17.6 Å². The van der Waals surface area contributed by atoms with Gasteiger partial charge in [0.2, 0.25) is 0 Å². The van der Waals surface area contributed by atoms with Gasteiger partial charge in [-0.1, -0.05) is 44.4 Å². The first kappa shape index (κ1) is 23.5. The minimum Gasteiger partial charge on any atom is -0.393 e. The summed E-state index contributed by atoms with van der Waals surface area (Å²) < 4.78 is 12.8. The Kier molecular flexibility index (Phi) is 5.61. The summed E-state index contributed by atoms with van der Waals surface area (Å²) in [4.78, 5) is 0. The Bertz CT molecular complexity index is 1120. The largest absolute Gasteiger partial charge is 0.393 e. The predicted octanol–water partition coefficient (Wildman–Crippen LogP) is 6.52. The van der Waals surface area contributed by atoms with E-state index in [0.717, 1.165) is 57.3 Å². The normalized spacial score (nSPS) is 37.0. The number of hydrogen-bond acceptors (Lipinski definition) is 3. The van der Waals surface area contributed by atoms with Crippen LogP contribution >= 0.6 is 0 Å². The van der Waals surface area contributed by atoms with Crippen molar-refractivity contribution < 1.29 is 14.6 Å². The van der Waals surface area contributed by atoms with Gasteiger partial charge in [0.15, 0.2) is 5.79 Å². The van der Waals surface area contributed by atoms with Crippen LogP contribution < -0.4 is 0 Å². The Labute approximate surface area is 211 Å². The lowest BCUT2D eigenvalue weighted by Gasteiger charge is -2.53. The molecule has 5 aliphatic rings. The highest BCUT2D eigenvalue weighted by Gasteiger charge is 2.56. The molecule has 0 amide bonds. The summed E-state index contributed by atoms with van der Waals surface area (Å²) >= 11 is 0. The Morgan fingerprint density at radius 1 is 0.971 bits per heavy atom. The van der Waals surface area contributed by atoms with E-state index in [4.69, 9.17) is 9.47 Å². The molecule has 0 radical (unpaired) electrons. The van der Waals surface area contributed by atoms with Crippen LogP contribution in [0.5, 0.6) is 0 Å². The quantitative estimate of drug-likeness (QED) is 0.473. The lowest BCUT2D eigenvalue weighted by molar-refractivity contribution is -0.275. The van der Waals surface area contributed by atoms with Crippen molar-refractivity contribution in [3.63, 3.8) is 0 Å². The monoisotopic (exact) mass is 472 g/mol. The second kappa shape index (κ2) is 8.34. The standard InChI is InChI=1S/C32H40O3/c1-5-6-21-7-9-22(10-8-21)26-18-31(4)27(13-14-28(31)33)25-12-11-23-17-32(16-15-24(23)29(25)26)34-19-30(2,3)20-35-32/h7-10,17,25-28,33H,11-16,18-20H2,1-4H3. The molecule has 1 aromatic rings. The minimum absolute atomic E-state index is 0.000426. The maximum atomic E-state index is 11.1. The van der Waals surface area contributed by atoms with Gasteiger partial charge in [-0.2, -0.15) is 0 Å². The van der Waals surface area contributed by atoms with E-state index in [1.54, 1.807) is 11.1 Å². The van der Waals surface area contributed by atoms with Crippen LogP contribution in [0, 0.1) is 34.5 Å². The van der Waals surface area contributed by atoms with Crippen molar-refractivity contribution in [3.05, 3.63) is 58.2 Å². The first-order valence-corrected chi connectivity index (χ1v) is 13.7. The average molecular weight is 473 g/mol. The van der Waals surface area contributed by atoms with Gasteiger partial charge in [0.25, 0.3) is 0 Å². The molecule has 2 saturated carbocycles. The number of allylic oxidation sites excluding steroid dienone is 3. The third kappa shape index (κ3) is 3.85. The lowest BCUT2D eigenvalue weighted by Crippen LogP contribution is -2.49. The Morgan fingerprint density at radius 2 is 1.71 bits per heavy atom. The molecule has 186 valence electrons. The van der Waals surface area contributed by atoms with Gasteiger partial charge in [-0.3, -0.25) is 0 Å². The maximum absolute atomic E-state index is 11.1. The second-order valence-electron chi connectivity index (χ2n) is 12.8. The van der Waals surface area contributed by atoms with Crippen molar-refractivity contribution >= 4 is 0 Å². The lowest BCUT2D eigenvalue weighted by atomic mass is 9.53. The van der Waals surface area contributed by atoms with Crippen LogP contribution in [-0.4, -0.2) is 30.2 Å². The molecule has 3 nitrogen and oxygen atoms in total. The number of hydrogen-bond donors (Lipinski definition) is 1. The molecule has 5 unspecified atom stereocenters. The summed E-state index contributed by atoms with van der Waals surface area (Å²) in [6, 6.07) is 8.92. The predicted molar refractivity (Wildman–Crippen MR) is 139 cm³/mol. The van der Waals surface area contributed by atoms with Gasteiger partial charge in [0.05, 0.1) is 19.3 Å². The average Bonchev–Trinajstić information content (AvgIpc) is 3.15. The molecule has 1 aliphatic heterocycles. The van der Waals surface area contributed by atoms with E-state index in [2.05, 4.69) is 63.0 Å². The number of fused-ring (bicyclic) bond motifs is 4. The van der Waals surface area contributed by atoms with Crippen LogP contribution in [0.4, 0.5) is 0 Å². The van der Waals surface area contributed by atoms with E-state index in [-0.39, 0.29) is 16.9 Å². The van der Waals surface area contributed by atoms with Gasteiger partial charge in [-0.15, -0.1) is 5.92 Å². The minimum atomic E-state index is -0.537. The zero-order valence-electron chi connectivity index (χ0n) is 21.8. The molecule has 1 heterocycles. The first-order valence-electron chi connectivity index (χ1n) is 13.7. The molecule has 0 bridgehead atoms. The first-order chi connectivity index (χ1) is 16.7. The van der Waals surface area contributed by atoms with Crippen molar-refractivity contribution in [1.29, 1.82) is 0 Å². The molecule has 3 fully saturated rings. The summed E-state index contributed by atoms with van der Waals surface area (Å²) in [6.45, 7) is 10.2. The molecule has 35 heavy (non-hydrogen) atoms. The van der Waals surface area contributed by atoms with Crippen molar-refractivity contribution in [3.8, 4) is 11.8 Å². The summed E-state index contributed by atoms with van der Waals surface area (Å²) in [7, 11) is 0. The van der Waals surface area contributed by atoms with E-state index in [0.29, 0.717) is 17.8 Å². The zero-order valence-corrected chi connectivity index (χ0v) is 21.8. The van der Waals surface area contributed by atoms with Gasteiger partial charge in [-0.05, 0) is 97.6 Å². The molecule has 1 aromatic carbocycles. The summed E-state index contributed by atoms with van der Waals surface area (Å²) in [6.07, 6.45) is 9.50. The molecular weight excluding hydrogens is 432 g/mol. The van der Waals surface area contributed by atoms with Crippen LogP contribution in [0.1, 0.15) is 89.7 Å². The maximum Gasteiger partial charge on any atom is 0.188 e. The number of rotatable bonds is 1. The SMILES string of the molecule is CC#Cc1ccc(C2CC3(C)C(O)CCC3C3CCC4=CC5(CCC4=C23)OCC(C)(C)CO5)cc1. The summed E-state index contributed by atoms with van der Waals surface area (Å²) in [5, 5.41) is 11.1. The fraction of sp³-hybridized carbons (Fsp3) is 0.625. The molecule has 5 atom stereocenters. The van der Waals surface area contributed by atoms with Crippen LogP contribution in [-0.2, 0) is 9.47 Å². The van der Waals surface area contributed by atoms with Gasteiger partial charge >= 0.3 is 0 Å². The molecule has 1 N–H and O–H groups in total. The number of ether oxygens (including phenoxy) is 2. The second-order valence-corrected chi connectivity index (χ2v) is 12.8. The van der Waals surface area contributed by atoms with Crippen molar-refractivity contribution in [2.45, 2.75) is 90.4 Å². The van der Waals surface area contributed by atoms with Crippen molar-refractivity contribution in [2.24, 2.45) is 22.7 Å². The number of aliphatic hydroxyl groups is 1. The molecule has 4 aliphatic carbocycles. The molecular formula is C32H40O3. The third-order valence-corrected chi connectivity index (χ3v) is 9.84. The Balaban J connectivity index is 1.42. The third-order valence-electron chi connectivity index (χ3n) is 9.84. The Morgan fingerprint density at radius 3 is 2.43 bits per heavy atom. The highest BCUT2D eigenvalue weighted by molar-refractivity contribution is 5.50. The van der Waals surface area contributed by atoms with Crippen LogP contribution in [0.3, 0.4) is 0 Å². The summed E-state index contributed by atoms with van der Waals surface area (Å²) in [5.74, 6) is 7.18. The fourth-order valence-corrected chi connectivity index (χ4v) is 7.94. The fourth-order valence-electron chi connectivity index (χ4n) is 7.94. The van der Waals surface area contributed by atoms with Gasteiger partial charge in [0.1, 0.15) is 0 Å². The molecule has 1 spiro atoms. The van der Waals surface area contributed by atoms with E-state index >= 15 is 0 Å². The highest BCUT2D eigenvalue weighted by Crippen LogP contribution is 2.64. The van der Waals surface area contributed by atoms with E-state index in [1.807, 2.05) is 6.92 Å². The highest BCUT2D eigenvalue weighted by atomic mass is 16.7. The summed E-state index contributed by atoms with van der Waals surface area (Å²) in [5.41, 5.74) is 7.24. The van der Waals surface area contributed by atoms with Gasteiger partial charge < -0.3 is 14.6 Å². The van der Waals surface area contributed by atoms with Crippen LogP contribution in [0.2, 0.25) is 0 Å². The van der Waals surface area contributed by atoms with Crippen molar-refractivity contribution in [1.82, 2.24) is 0 Å². The number of aliphatic hydroxyl groups excluding tert-OH is 1. The van der Waals surface area contributed by atoms with Gasteiger partial charge in [0, 0.05) is 23.3 Å². The molecule has 0 aromatic heterocycles. The van der Waals surface area contributed by atoms with E-state index < -0.39 is 5.79 Å². The van der Waals surface area contributed by atoms with Crippen LogP contribution in [0.25, 0.3) is 0 Å². The Hall–Kier alpha value is -1.86. The van der Waals surface area contributed by atoms with Crippen molar-refractivity contribution in [2.75, 3.05) is 13.2 Å². The molecule has 1 saturated heterocycles. The number of benzene rings is 1. The smallest absolute Gasteiger partial charge is 0.188 e. The van der Waals surface area contributed by atoms with Crippen LogP contribution in [0.15, 0.2) is 47.1 Å².